The van der Waals surface area contributed by atoms with Gasteiger partial charge in [0.2, 0.25) is 0 Å². The number of hydrogen-bond acceptors (Lipinski definition) is 6. The maximum atomic E-state index is 12.3. The van der Waals surface area contributed by atoms with Crippen molar-refractivity contribution >= 4 is 21.8 Å². The third-order valence-electron chi connectivity index (χ3n) is 3.93. The predicted molar refractivity (Wildman–Crippen MR) is 80.5 cm³/mol. The quantitative estimate of drug-likeness (QED) is 0.563. The Bertz CT molecular complexity index is 668. The maximum absolute atomic E-state index is 12.3. The van der Waals surface area contributed by atoms with Crippen LogP contribution in [-0.2, 0) is 14.8 Å². The summed E-state index contributed by atoms with van der Waals surface area (Å²) in [6.07, 6.45) is 4.46. The van der Waals surface area contributed by atoms with Gasteiger partial charge < -0.3 is 20.6 Å². The first-order valence-corrected chi connectivity index (χ1v) is 8.72. The lowest BCUT2D eigenvalue weighted by atomic mass is 10.1. The Balaban J connectivity index is 1.72. The van der Waals surface area contributed by atoms with Crippen LogP contribution in [0.4, 0.5) is 0 Å². The molecule has 0 bridgehead atoms. The highest BCUT2D eigenvalue weighted by molar-refractivity contribution is 7.90. The highest BCUT2D eigenvalue weighted by Gasteiger charge is 2.31. The minimum absolute atomic E-state index is 0.0446. The molecule has 0 aromatic rings. The standard InChI is InChI=1S/C13H18N4O4S/c18-11-8-14-6-9(11)7-15-13(19)10-2-1-3-17-4-5-22(20,21)16-12(10)17/h1-3,9,11,14,18H,4-8H2,(H,15,19). The van der Waals surface area contributed by atoms with E-state index in [1.165, 1.54) is 0 Å². The van der Waals surface area contributed by atoms with Crippen molar-refractivity contribution in [1.29, 1.82) is 0 Å². The molecule has 3 aliphatic heterocycles. The van der Waals surface area contributed by atoms with Gasteiger partial charge in [-0.25, -0.2) is 8.42 Å². The first-order chi connectivity index (χ1) is 10.5. The number of sulfonamides is 1. The number of amidine groups is 1. The number of fused-ring (bicyclic) bond motifs is 1. The third-order valence-corrected chi connectivity index (χ3v) is 5.08. The van der Waals surface area contributed by atoms with Crippen LogP contribution in [0, 0.1) is 5.92 Å². The number of nitrogens with one attached hydrogen (secondary N) is 2. The molecule has 1 amide bonds. The Kier molecular flexibility index (Phi) is 4.02. The van der Waals surface area contributed by atoms with Crippen molar-refractivity contribution in [3.05, 3.63) is 23.9 Å². The van der Waals surface area contributed by atoms with E-state index < -0.39 is 16.1 Å². The number of hydrogen-bond donors (Lipinski definition) is 3. The average molecular weight is 326 g/mol. The van der Waals surface area contributed by atoms with Gasteiger partial charge in [-0.05, 0) is 12.2 Å². The van der Waals surface area contributed by atoms with Crippen LogP contribution in [0.25, 0.3) is 0 Å². The largest absolute Gasteiger partial charge is 0.391 e. The Morgan fingerprint density at radius 2 is 2.32 bits per heavy atom. The van der Waals surface area contributed by atoms with Crippen molar-refractivity contribution in [2.45, 2.75) is 6.10 Å². The van der Waals surface area contributed by atoms with E-state index in [1.54, 1.807) is 23.3 Å². The highest BCUT2D eigenvalue weighted by atomic mass is 32.2. The van der Waals surface area contributed by atoms with E-state index >= 15 is 0 Å². The first kappa shape index (κ1) is 15.2. The maximum Gasteiger partial charge on any atom is 0.256 e. The molecule has 2 unspecified atom stereocenters. The SMILES string of the molecule is O=C(NCC1CNCC1O)C1=CC=CN2CCS(=O)(=O)N=C12. The summed E-state index contributed by atoms with van der Waals surface area (Å²) in [5.41, 5.74) is 0.228. The second kappa shape index (κ2) is 5.82. The van der Waals surface area contributed by atoms with Crippen LogP contribution in [-0.4, -0.2) is 68.2 Å². The van der Waals surface area contributed by atoms with Crippen molar-refractivity contribution in [2.75, 3.05) is 31.9 Å². The monoisotopic (exact) mass is 326 g/mol. The van der Waals surface area contributed by atoms with E-state index in [2.05, 4.69) is 15.0 Å². The van der Waals surface area contributed by atoms with Crippen LogP contribution in [0.3, 0.4) is 0 Å². The van der Waals surface area contributed by atoms with Crippen LogP contribution in [0.15, 0.2) is 28.3 Å². The average Bonchev–Trinajstić information content (AvgIpc) is 2.88. The molecule has 0 aromatic carbocycles. The molecule has 1 fully saturated rings. The van der Waals surface area contributed by atoms with Gasteiger partial charge in [-0.15, -0.1) is 4.40 Å². The van der Waals surface area contributed by atoms with E-state index in [0.717, 1.165) is 0 Å². The number of nitrogens with zero attached hydrogens (tertiary/aromatic N) is 2. The van der Waals surface area contributed by atoms with Crippen LogP contribution in [0.1, 0.15) is 0 Å². The molecule has 2 atom stereocenters. The summed E-state index contributed by atoms with van der Waals surface area (Å²) in [6.45, 7) is 1.77. The first-order valence-electron chi connectivity index (χ1n) is 7.11. The zero-order chi connectivity index (χ0) is 15.7. The lowest BCUT2D eigenvalue weighted by molar-refractivity contribution is -0.117. The van der Waals surface area contributed by atoms with Gasteiger partial charge in [0.15, 0.2) is 5.84 Å². The molecule has 0 aromatic heterocycles. The second-order valence-corrected chi connectivity index (χ2v) is 7.27. The summed E-state index contributed by atoms with van der Waals surface area (Å²) in [4.78, 5) is 14.0. The molecular weight excluding hydrogens is 308 g/mol. The summed E-state index contributed by atoms with van der Waals surface area (Å²) in [5, 5.41) is 15.5. The van der Waals surface area contributed by atoms with Gasteiger partial charge in [0.05, 0.1) is 17.4 Å². The lowest BCUT2D eigenvalue weighted by Crippen LogP contribution is -2.43. The summed E-state index contributed by atoms with van der Waals surface area (Å²) < 4.78 is 27.0. The molecule has 0 saturated carbocycles. The smallest absolute Gasteiger partial charge is 0.256 e. The molecule has 3 aliphatic rings. The van der Waals surface area contributed by atoms with Crippen LogP contribution in [0.2, 0.25) is 0 Å². The van der Waals surface area contributed by atoms with Crippen LogP contribution >= 0.6 is 0 Å². The van der Waals surface area contributed by atoms with E-state index in [9.17, 15) is 18.3 Å². The number of rotatable bonds is 3. The van der Waals surface area contributed by atoms with Crippen molar-refractivity contribution in [3.8, 4) is 0 Å². The Morgan fingerprint density at radius 3 is 3.05 bits per heavy atom. The molecule has 0 spiro atoms. The summed E-state index contributed by atoms with van der Waals surface area (Å²) in [6, 6.07) is 0. The summed E-state index contributed by atoms with van der Waals surface area (Å²) in [5.74, 6) is -0.326. The van der Waals surface area contributed by atoms with Gasteiger partial charge in [-0.3, -0.25) is 4.79 Å². The van der Waals surface area contributed by atoms with Crippen molar-refractivity contribution in [1.82, 2.24) is 15.5 Å². The zero-order valence-corrected chi connectivity index (χ0v) is 12.7. The van der Waals surface area contributed by atoms with Gasteiger partial charge >= 0.3 is 0 Å². The molecule has 0 aliphatic carbocycles. The van der Waals surface area contributed by atoms with Crippen molar-refractivity contribution in [2.24, 2.45) is 10.3 Å². The fraction of sp³-hybridized carbons (Fsp3) is 0.538. The van der Waals surface area contributed by atoms with Crippen molar-refractivity contribution < 1.29 is 18.3 Å². The topological polar surface area (TPSA) is 111 Å². The van der Waals surface area contributed by atoms with E-state index in [4.69, 9.17) is 0 Å². The summed E-state index contributed by atoms with van der Waals surface area (Å²) in [7, 11) is -3.52. The molecule has 120 valence electrons. The second-order valence-electron chi connectivity index (χ2n) is 5.51. The Hall–Kier alpha value is -1.71. The van der Waals surface area contributed by atoms with Gasteiger partial charge in [-0.1, -0.05) is 0 Å². The van der Waals surface area contributed by atoms with Crippen LogP contribution in [0.5, 0.6) is 0 Å². The third kappa shape index (κ3) is 3.06. The molecule has 8 nitrogen and oxygen atoms in total. The minimum atomic E-state index is -3.52. The number of β-amino-alcohol motifs (C(OH)–C–C–N with tert-alkyl or cyclic N) is 1. The molecule has 22 heavy (non-hydrogen) atoms. The number of amides is 1. The molecule has 3 rings (SSSR count). The van der Waals surface area contributed by atoms with Gasteiger partial charge in [0.25, 0.3) is 15.9 Å². The Morgan fingerprint density at radius 1 is 1.50 bits per heavy atom. The molecule has 9 heteroatoms. The predicted octanol–water partition coefficient (Wildman–Crippen LogP) is -1.82. The Labute approximate surface area is 128 Å². The number of carbonyl (C=O) groups excluding carboxylic acids is 1. The van der Waals surface area contributed by atoms with E-state index in [-0.39, 0.29) is 35.5 Å². The minimum Gasteiger partial charge on any atom is -0.391 e. The molecule has 3 heterocycles. The van der Waals surface area contributed by atoms with Gasteiger partial charge in [0, 0.05) is 38.3 Å². The van der Waals surface area contributed by atoms with E-state index in [0.29, 0.717) is 19.6 Å². The van der Waals surface area contributed by atoms with Gasteiger partial charge in [-0.2, -0.15) is 0 Å². The van der Waals surface area contributed by atoms with Gasteiger partial charge in [0.1, 0.15) is 0 Å². The lowest BCUT2D eigenvalue weighted by Gasteiger charge is -2.28. The molecule has 0 radical (unpaired) electrons. The number of aliphatic hydroxyl groups is 1. The highest BCUT2D eigenvalue weighted by Crippen LogP contribution is 2.18. The molecular formula is C13H18N4O4S. The normalized spacial score (nSPS) is 29.6. The number of carbonyl (C=O) groups is 1. The van der Waals surface area contributed by atoms with E-state index in [1.807, 2.05) is 0 Å². The number of allylic oxidation sites excluding steroid dienone is 2. The summed E-state index contributed by atoms with van der Waals surface area (Å²) >= 11 is 0. The van der Waals surface area contributed by atoms with Crippen molar-refractivity contribution in [3.63, 3.8) is 0 Å². The fourth-order valence-corrected chi connectivity index (χ4v) is 3.63. The molecule has 3 N–H and O–H groups in total. The molecule has 1 saturated heterocycles. The zero-order valence-electron chi connectivity index (χ0n) is 11.9. The number of aliphatic hydroxyl groups excluding tert-OH is 1. The van der Waals surface area contributed by atoms with Crippen LogP contribution < -0.4 is 10.6 Å². The fourth-order valence-electron chi connectivity index (χ4n) is 2.64.